The zero-order valence-electron chi connectivity index (χ0n) is 18.2. The fourth-order valence-corrected chi connectivity index (χ4v) is 5.89. The van der Waals surface area contributed by atoms with Gasteiger partial charge in [-0.05, 0) is 43.0 Å². The predicted molar refractivity (Wildman–Crippen MR) is 124 cm³/mol. The molecular weight excluding hydrogens is 422 g/mol. The van der Waals surface area contributed by atoms with Crippen molar-refractivity contribution in [3.8, 4) is 0 Å². The second kappa shape index (κ2) is 8.13. The predicted octanol–water partition coefficient (Wildman–Crippen LogP) is 4.32. The van der Waals surface area contributed by atoms with Crippen LogP contribution in [0.15, 0.2) is 48.5 Å². The Morgan fingerprint density at radius 1 is 0.969 bits per heavy atom. The summed E-state index contributed by atoms with van der Waals surface area (Å²) >= 11 is 1.73. The standard InChI is InChI=1S/C25H25N3O3S/c1-15(2)21(28-23(29)17-7-3-4-8-18(17)24(28)30)25(31)27-13-11-16(12-14-27)22-26-19-9-5-6-10-20(19)32-22/h3-10,15-16,21H,11-14H2,1-2H3. The van der Waals surface area contributed by atoms with E-state index in [1.807, 2.05) is 36.9 Å². The lowest BCUT2D eigenvalue weighted by Crippen LogP contribution is -2.54. The van der Waals surface area contributed by atoms with Crippen LogP contribution in [-0.4, -0.2) is 51.6 Å². The maximum absolute atomic E-state index is 13.5. The van der Waals surface area contributed by atoms with E-state index >= 15 is 0 Å². The third-order valence-corrected chi connectivity index (χ3v) is 7.65. The van der Waals surface area contributed by atoms with Gasteiger partial charge in [-0.1, -0.05) is 38.1 Å². The highest BCUT2D eigenvalue weighted by atomic mass is 32.1. The summed E-state index contributed by atoms with van der Waals surface area (Å²) in [4.78, 5) is 47.3. The van der Waals surface area contributed by atoms with Gasteiger partial charge in [0.25, 0.3) is 11.8 Å². The molecule has 2 aliphatic rings. The number of hydrogen-bond acceptors (Lipinski definition) is 5. The molecule has 5 rings (SSSR count). The van der Waals surface area contributed by atoms with E-state index in [1.54, 1.807) is 35.6 Å². The smallest absolute Gasteiger partial charge is 0.262 e. The van der Waals surface area contributed by atoms with E-state index < -0.39 is 6.04 Å². The van der Waals surface area contributed by atoms with Crippen LogP contribution in [0, 0.1) is 5.92 Å². The van der Waals surface area contributed by atoms with Crippen molar-refractivity contribution < 1.29 is 14.4 Å². The Morgan fingerprint density at radius 3 is 2.16 bits per heavy atom. The van der Waals surface area contributed by atoms with Gasteiger partial charge in [0.2, 0.25) is 5.91 Å². The summed E-state index contributed by atoms with van der Waals surface area (Å²) in [5.41, 5.74) is 1.78. The van der Waals surface area contributed by atoms with Crippen LogP contribution in [0.3, 0.4) is 0 Å². The molecule has 3 heterocycles. The molecule has 3 aromatic rings. The minimum Gasteiger partial charge on any atom is -0.341 e. The lowest BCUT2D eigenvalue weighted by Gasteiger charge is -2.37. The summed E-state index contributed by atoms with van der Waals surface area (Å²) in [5, 5.41) is 1.12. The summed E-state index contributed by atoms with van der Waals surface area (Å²) in [7, 11) is 0. The van der Waals surface area contributed by atoms with E-state index in [0.29, 0.717) is 30.1 Å². The number of benzene rings is 2. The third kappa shape index (κ3) is 3.41. The van der Waals surface area contributed by atoms with Gasteiger partial charge >= 0.3 is 0 Å². The van der Waals surface area contributed by atoms with E-state index in [2.05, 4.69) is 6.07 Å². The fraction of sp³-hybridized carbons (Fsp3) is 0.360. The molecule has 164 valence electrons. The van der Waals surface area contributed by atoms with Crippen molar-refractivity contribution in [2.45, 2.75) is 38.6 Å². The number of aromatic nitrogens is 1. The molecule has 0 saturated carbocycles. The van der Waals surface area contributed by atoms with Crippen molar-refractivity contribution in [3.63, 3.8) is 0 Å². The van der Waals surface area contributed by atoms with Crippen molar-refractivity contribution in [2.75, 3.05) is 13.1 Å². The van der Waals surface area contributed by atoms with Gasteiger partial charge in [-0.15, -0.1) is 11.3 Å². The molecule has 0 radical (unpaired) electrons. The molecule has 6 nitrogen and oxygen atoms in total. The minimum atomic E-state index is -0.790. The summed E-state index contributed by atoms with van der Waals surface area (Å²) in [6, 6.07) is 14.1. The number of likely N-dealkylation sites (tertiary alicyclic amines) is 1. The highest BCUT2D eigenvalue weighted by molar-refractivity contribution is 7.18. The molecule has 1 unspecified atom stereocenters. The second-order valence-electron chi connectivity index (χ2n) is 8.83. The van der Waals surface area contributed by atoms with Crippen LogP contribution >= 0.6 is 11.3 Å². The minimum absolute atomic E-state index is 0.141. The Balaban J connectivity index is 1.32. The summed E-state index contributed by atoms with van der Waals surface area (Å²) < 4.78 is 1.19. The highest BCUT2D eigenvalue weighted by Crippen LogP contribution is 2.35. The van der Waals surface area contributed by atoms with Crippen molar-refractivity contribution in [1.82, 2.24) is 14.8 Å². The van der Waals surface area contributed by atoms with Crippen LogP contribution in [0.4, 0.5) is 0 Å². The highest BCUT2D eigenvalue weighted by Gasteiger charge is 2.45. The van der Waals surface area contributed by atoms with Gasteiger partial charge in [0.15, 0.2) is 0 Å². The van der Waals surface area contributed by atoms with Crippen LogP contribution < -0.4 is 0 Å². The van der Waals surface area contributed by atoms with Crippen LogP contribution in [0.25, 0.3) is 10.2 Å². The first-order valence-electron chi connectivity index (χ1n) is 11.1. The fourth-order valence-electron chi connectivity index (χ4n) is 4.75. The van der Waals surface area contributed by atoms with Gasteiger partial charge in [0, 0.05) is 19.0 Å². The van der Waals surface area contributed by atoms with Crippen LogP contribution in [-0.2, 0) is 4.79 Å². The molecule has 0 bridgehead atoms. The van der Waals surface area contributed by atoms with Crippen LogP contribution in [0.5, 0.6) is 0 Å². The van der Waals surface area contributed by atoms with Crippen molar-refractivity contribution in [2.24, 2.45) is 5.92 Å². The molecule has 1 saturated heterocycles. The van der Waals surface area contributed by atoms with Crippen molar-refractivity contribution in [1.29, 1.82) is 0 Å². The Morgan fingerprint density at radius 2 is 1.56 bits per heavy atom. The monoisotopic (exact) mass is 447 g/mol. The number of amides is 3. The molecule has 1 fully saturated rings. The van der Waals surface area contributed by atoms with Gasteiger partial charge < -0.3 is 4.90 Å². The second-order valence-corrected chi connectivity index (χ2v) is 9.90. The molecule has 2 aliphatic heterocycles. The summed E-state index contributed by atoms with van der Waals surface area (Å²) in [6.07, 6.45) is 1.66. The molecule has 3 amide bonds. The number of nitrogens with zero attached hydrogens (tertiary/aromatic N) is 3. The molecule has 0 aliphatic carbocycles. The molecule has 7 heteroatoms. The van der Waals surface area contributed by atoms with Gasteiger partial charge in [0.1, 0.15) is 6.04 Å². The molecule has 32 heavy (non-hydrogen) atoms. The van der Waals surface area contributed by atoms with Crippen LogP contribution in [0.1, 0.15) is 58.3 Å². The number of fused-ring (bicyclic) bond motifs is 2. The lowest BCUT2D eigenvalue weighted by molar-refractivity contribution is -0.138. The average molecular weight is 448 g/mol. The first kappa shape index (κ1) is 20.8. The Labute approximate surface area is 190 Å². The molecule has 1 atom stereocenters. The Bertz CT molecular complexity index is 1140. The van der Waals surface area contributed by atoms with E-state index in [9.17, 15) is 14.4 Å². The SMILES string of the molecule is CC(C)C(C(=O)N1CCC(c2nc3ccccc3s2)CC1)N1C(=O)c2ccccc2C1=O. The molecule has 2 aromatic carbocycles. The number of piperidine rings is 1. The van der Waals surface area contributed by atoms with Crippen molar-refractivity contribution in [3.05, 3.63) is 64.7 Å². The number of hydrogen-bond donors (Lipinski definition) is 0. The zero-order chi connectivity index (χ0) is 22.4. The van der Waals surface area contributed by atoms with E-state index in [4.69, 9.17) is 4.98 Å². The van der Waals surface area contributed by atoms with Gasteiger partial charge in [-0.2, -0.15) is 0 Å². The van der Waals surface area contributed by atoms with E-state index in [0.717, 1.165) is 23.4 Å². The first-order chi connectivity index (χ1) is 15.5. The topological polar surface area (TPSA) is 70.6 Å². The first-order valence-corrected chi connectivity index (χ1v) is 11.9. The van der Waals surface area contributed by atoms with E-state index in [1.165, 1.54) is 9.60 Å². The zero-order valence-corrected chi connectivity index (χ0v) is 19.0. The van der Waals surface area contributed by atoms with E-state index in [-0.39, 0.29) is 23.6 Å². The van der Waals surface area contributed by atoms with Gasteiger partial charge in [-0.25, -0.2) is 4.98 Å². The van der Waals surface area contributed by atoms with Crippen molar-refractivity contribution >= 4 is 39.3 Å². The molecule has 0 spiro atoms. The number of carbonyl (C=O) groups excluding carboxylic acids is 3. The number of thiazole rings is 1. The maximum Gasteiger partial charge on any atom is 0.262 e. The quantitative estimate of drug-likeness (QED) is 0.559. The third-order valence-electron chi connectivity index (χ3n) is 6.45. The van der Waals surface area contributed by atoms with Crippen LogP contribution in [0.2, 0.25) is 0 Å². The molecule has 1 aromatic heterocycles. The number of imide groups is 1. The Kier molecular flexibility index (Phi) is 5.29. The lowest BCUT2D eigenvalue weighted by atomic mass is 9.95. The number of carbonyl (C=O) groups is 3. The normalized spacial score (nSPS) is 18.0. The molecule has 0 N–H and O–H groups in total. The van der Waals surface area contributed by atoms with Gasteiger partial charge in [-0.3, -0.25) is 19.3 Å². The molecular formula is C25H25N3O3S. The summed E-state index contributed by atoms with van der Waals surface area (Å²) in [5.74, 6) is -0.735. The van der Waals surface area contributed by atoms with Gasteiger partial charge in [0.05, 0.1) is 26.4 Å². The number of para-hydroxylation sites is 1. The average Bonchev–Trinajstić information content (AvgIpc) is 3.35. The summed E-state index contributed by atoms with van der Waals surface area (Å²) in [6.45, 7) is 4.98. The number of rotatable bonds is 4. The largest absolute Gasteiger partial charge is 0.341 e. The Hall–Kier alpha value is -3.06. The maximum atomic E-state index is 13.5.